The lowest BCUT2D eigenvalue weighted by atomic mass is 10.1. The van der Waals surface area contributed by atoms with Crippen LogP contribution in [-0.2, 0) is 17.9 Å². The van der Waals surface area contributed by atoms with E-state index in [9.17, 15) is 4.79 Å². The summed E-state index contributed by atoms with van der Waals surface area (Å²) in [4.78, 5) is 13.6. The number of fused-ring (bicyclic) bond motifs is 1. The van der Waals surface area contributed by atoms with Gasteiger partial charge in [0.2, 0.25) is 5.91 Å². The molecule has 4 nitrogen and oxygen atoms in total. The lowest BCUT2D eigenvalue weighted by Crippen LogP contribution is -2.25. The molecule has 0 bridgehead atoms. The van der Waals surface area contributed by atoms with E-state index in [1.807, 2.05) is 6.07 Å². The highest BCUT2D eigenvalue weighted by molar-refractivity contribution is 5.92. The maximum absolute atomic E-state index is 11.4. The molecular weight excluding hydrogens is 202 g/mol. The number of hydrogen-bond acceptors (Lipinski definition) is 3. The Kier molecular flexibility index (Phi) is 3.22. The summed E-state index contributed by atoms with van der Waals surface area (Å²) in [6, 6.07) is 6.12. The predicted octanol–water partition coefficient (Wildman–Crippen LogP) is 0.790. The van der Waals surface area contributed by atoms with Crippen LogP contribution in [0.1, 0.15) is 11.1 Å². The molecule has 16 heavy (non-hydrogen) atoms. The number of nitrogens with zero attached hydrogens (tertiary/aromatic N) is 1. The minimum Gasteiger partial charge on any atom is -0.325 e. The Morgan fingerprint density at radius 2 is 2.12 bits per heavy atom. The van der Waals surface area contributed by atoms with Gasteiger partial charge in [-0.15, -0.1) is 0 Å². The second-order valence-corrected chi connectivity index (χ2v) is 4.23. The van der Waals surface area contributed by atoms with Crippen LogP contribution < -0.4 is 10.6 Å². The number of likely N-dealkylation sites (N-methyl/N-ethyl adjacent to an activating group) is 1. The van der Waals surface area contributed by atoms with Crippen molar-refractivity contribution < 1.29 is 4.79 Å². The fraction of sp³-hybridized carbons (Fsp3) is 0.417. The molecule has 0 spiro atoms. The molecule has 0 aliphatic carbocycles. The molecule has 0 fully saturated rings. The average Bonchev–Trinajstić information content (AvgIpc) is 2.57. The largest absolute Gasteiger partial charge is 0.325 e. The van der Waals surface area contributed by atoms with Crippen LogP contribution in [0.3, 0.4) is 0 Å². The van der Waals surface area contributed by atoms with Crippen molar-refractivity contribution in [2.45, 2.75) is 13.1 Å². The number of anilines is 1. The third-order valence-corrected chi connectivity index (χ3v) is 2.71. The van der Waals surface area contributed by atoms with Gasteiger partial charge in [0, 0.05) is 18.8 Å². The summed E-state index contributed by atoms with van der Waals surface area (Å²) in [5.41, 5.74) is 3.55. The van der Waals surface area contributed by atoms with Crippen molar-refractivity contribution in [1.82, 2.24) is 10.2 Å². The Balaban J connectivity index is 2.08. The number of carbonyl (C=O) groups is 1. The number of nitrogens with one attached hydrogen (secondary N) is 2. The van der Waals surface area contributed by atoms with Crippen LogP contribution in [-0.4, -0.2) is 31.4 Å². The van der Waals surface area contributed by atoms with Crippen LogP contribution in [0.2, 0.25) is 0 Å². The Labute approximate surface area is 95.6 Å². The molecule has 0 saturated carbocycles. The van der Waals surface area contributed by atoms with Crippen LogP contribution in [0.25, 0.3) is 0 Å². The van der Waals surface area contributed by atoms with E-state index in [0.29, 0.717) is 6.54 Å². The van der Waals surface area contributed by atoms with E-state index in [2.05, 4.69) is 34.7 Å². The van der Waals surface area contributed by atoms with Crippen molar-refractivity contribution in [1.29, 1.82) is 0 Å². The number of hydrogen-bond donors (Lipinski definition) is 2. The zero-order valence-corrected chi connectivity index (χ0v) is 9.71. The van der Waals surface area contributed by atoms with E-state index >= 15 is 0 Å². The minimum absolute atomic E-state index is 0.00574. The van der Waals surface area contributed by atoms with Gasteiger partial charge in [0.1, 0.15) is 0 Å². The first-order valence-corrected chi connectivity index (χ1v) is 5.44. The summed E-state index contributed by atoms with van der Waals surface area (Å²) in [7, 11) is 3.86. The highest BCUT2D eigenvalue weighted by Crippen LogP contribution is 2.24. The summed E-state index contributed by atoms with van der Waals surface area (Å²) >= 11 is 0. The van der Waals surface area contributed by atoms with Crippen LogP contribution in [0.4, 0.5) is 5.69 Å². The van der Waals surface area contributed by atoms with Crippen molar-refractivity contribution in [2.75, 3.05) is 26.0 Å². The van der Waals surface area contributed by atoms with E-state index in [1.165, 1.54) is 11.1 Å². The van der Waals surface area contributed by atoms with Gasteiger partial charge >= 0.3 is 0 Å². The van der Waals surface area contributed by atoms with Crippen LogP contribution in [0.5, 0.6) is 0 Å². The topological polar surface area (TPSA) is 44.4 Å². The molecule has 86 valence electrons. The molecule has 4 heteroatoms. The summed E-state index contributed by atoms with van der Waals surface area (Å²) in [5.74, 6) is -0.00574. The normalized spacial score (nSPS) is 14.9. The van der Waals surface area contributed by atoms with Crippen molar-refractivity contribution in [3.8, 4) is 0 Å². The second-order valence-electron chi connectivity index (χ2n) is 4.23. The lowest BCUT2D eigenvalue weighted by Gasteiger charge is -2.06. The molecule has 1 amide bonds. The summed E-state index contributed by atoms with van der Waals surface area (Å²) in [5, 5.41) is 5.69. The predicted molar refractivity (Wildman–Crippen MR) is 64.2 cm³/mol. The van der Waals surface area contributed by atoms with Crippen LogP contribution in [0.15, 0.2) is 18.2 Å². The molecule has 1 aromatic rings. The lowest BCUT2D eigenvalue weighted by molar-refractivity contribution is -0.115. The first-order chi connectivity index (χ1) is 7.69. The van der Waals surface area contributed by atoms with E-state index in [-0.39, 0.29) is 5.91 Å². The fourth-order valence-electron chi connectivity index (χ4n) is 2.01. The first-order valence-electron chi connectivity index (χ1n) is 5.44. The fourth-order valence-corrected chi connectivity index (χ4v) is 2.01. The van der Waals surface area contributed by atoms with Crippen molar-refractivity contribution in [2.24, 2.45) is 0 Å². The summed E-state index contributed by atoms with van der Waals surface area (Å²) < 4.78 is 0. The SMILES string of the molecule is CNCC(=O)Nc1ccc2c(c1)CN(C)C2. The molecule has 1 aliphatic heterocycles. The zero-order chi connectivity index (χ0) is 11.5. The van der Waals surface area contributed by atoms with E-state index in [4.69, 9.17) is 0 Å². The molecule has 0 aromatic heterocycles. The molecule has 1 heterocycles. The minimum atomic E-state index is -0.00574. The number of amides is 1. The Morgan fingerprint density at radius 3 is 2.88 bits per heavy atom. The Hall–Kier alpha value is -1.39. The van der Waals surface area contributed by atoms with Crippen molar-refractivity contribution in [3.05, 3.63) is 29.3 Å². The molecule has 1 aliphatic rings. The van der Waals surface area contributed by atoms with Gasteiger partial charge in [-0.05, 0) is 37.4 Å². The Bertz CT molecular complexity index is 403. The summed E-state index contributed by atoms with van der Waals surface area (Å²) in [6.45, 7) is 2.31. The molecule has 1 aromatic carbocycles. The van der Waals surface area contributed by atoms with Gasteiger partial charge in [-0.3, -0.25) is 9.69 Å². The highest BCUT2D eigenvalue weighted by Gasteiger charge is 2.15. The van der Waals surface area contributed by atoms with Gasteiger partial charge in [-0.1, -0.05) is 6.07 Å². The zero-order valence-electron chi connectivity index (χ0n) is 9.71. The van der Waals surface area contributed by atoms with Crippen molar-refractivity contribution >= 4 is 11.6 Å². The van der Waals surface area contributed by atoms with Gasteiger partial charge in [0.05, 0.1) is 6.54 Å². The molecule has 0 saturated heterocycles. The van der Waals surface area contributed by atoms with E-state index in [1.54, 1.807) is 7.05 Å². The van der Waals surface area contributed by atoms with Crippen LogP contribution in [0, 0.1) is 0 Å². The van der Waals surface area contributed by atoms with Gasteiger partial charge in [-0.2, -0.15) is 0 Å². The van der Waals surface area contributed by atoms with Gasteiger partial charge in [-0.25, -0.2) is 0 Å². The van der Waals surface area contributed by atoms with Gasteiger partial charge in [0.15, 0.2) is 0 Å². The molecule has 2 N–H and O–H groups in total. The third kappa shape index (κ3) is 2.40. The maximum Gasteiger partial charge on any atom is 0.238 e. The molecule has 0 atom stereocenters. The Morgan fingerprint density at radius 1 is 1.38 bits per heavy atom. The number of carbonyl (C=O) groups excluding carboxylic acids is 1. The average molecular weight is 219 g/mol. The van der Waals surface area contributed by atoms with E-state index < -0.39 is 0 Å². The molecule has 0 radical (unpaired) electrons. The molecule has 2 rings (SSSR count). The number of benzene rings is 1. The van der Waals surface area contributed by atoms with Crippen molar-refractivity contribution in [3.63, 3.8) is 0 Å². The number of rotatable bonds is 3. The standard InChI is InChI=1S/C12H17N3O/c1-13-6-12(16)14-11-4-3-9-7-15(2)8-10(9)5-11/h3-5,13H,6-8H2,1-2H3,(H,14,16). The van der Waals surface area contributed by atoms with Crippen LogP contribution >= 0.6 is 0 Å². The first kappa shape index (κ1) is 11.1. The monoisotopic (exact) mass is 219 g/mol. The molecular formula is C12H17N3O. The molecule has 0 unspecified atom stereocenters. The van der Waals surface area contributed by atoms with Gasteiger partial charge in [0.25, 0.3) is 0 Å². The quantitative estimate of drug-likeness (QED) is 0.790. The smallest absolute Gasteiger partial charge is 0.238 e. The highest BCUT2D eigenvalue weighted by atomic mass is 16.1. The van der Waals surface area contributed by atoms with E-state index in [0.717, 1.165) is 18.8 Å². The third-order valence-electron chi connectivity index (χ3n) is 2.71. The maximum atomic E-state index is 11.4. The summed E-state index contributed by atoms with van der Waals surface area (Å²) in [6.07, 6.45) is 0. The second kappa shape index (κ2) is 4.63. The van der Waals surface area contributed by atoms with Gasteiger partial charge < -0.3 is 10.6 Å².